The van der Waals surface area contributed by atoms with E-state index in [0.29, 0.717) is 29.7 Å². The van der Waals surface area contributed by atoms with Crippen molar-refractivity contribution in [1.29, 1.82) is 0 Å². The van der Waals surface area contributed by atoms with Crippen LogP contribution in [0.2, 0.25) is 0 Å². The van der Waals surface area contributed by atoms with E-state index in [1.165, 1.54) is 0 Å². The highest BCUT2D eigenvalue weighted by Gasteiger charge is 2.35. The Labute approximate surface area is 174 Å². The maximum Gasteiger partial charge on any atom is 0.194 e. The highest BCUT2D eigenvalue weighted by atomic mass is 16.5. The minimum Gasteiger partial charge on any atom is -0.376 e. The number of ketones is 2. The Bertz CT molecular complexity index is 837. The molecule has 0 aliphatic carbocycles. The maximum atomic E-state index is 13.3. The summed E-state index contributed by atoms with van der Waals surface area (Å²) < 4.78 is 11.9. The summed E-state index contributed by atoms with van der Waals surface area (Å²) in [5.41, 5.74) is -0.0907. The molecule has 4 heteroatoms. The molecule has 0 saturated heterocycles. The van der Waals surface area contributed by atoms with Crippen LogP contribution in [0.15, 0.2) is 54.6 Å². The van der Waals surface area contributed by atoms with Crippen LogP contribution in [0.3, 0.4) is 0 Å². The molecule has 0 N–H and O–H groups in total. The second-order valence-electron chi connectivity index (χ2n) is 8.41. The van der Waals surface area contributed by atoms with Gasteiger partial charge in [-0.3, -0.25) is 9.59 Å². The van der Waals surface area contributed by atoms with Crippen LogP contribution in [0.4, 0.5) is 0 Å². The fourth-order valence-electron chi connectivity index (χ4n) is 3.69. The van der Waals surface area contributed by atoms with Gasteiger partial charge in [0.05, 0.1) is 11.7 Å². The van der Waals surface area contributed by atoms with Gasteiger partial charge in [0.15, 0.2) is 11.6 Å². The van der Waals surface area contributed by atoms with Crippen molar-refractivity contribution in [2.75, 3.05) is 6.61 Å². The molecular weight excluding hydrogens is 364 g/mol. The van der Waals surface area contributed by atoms with Gasteiger partial charge >= 0.3 is 0 Å². The number of carbonyl (C=O) groups is 2. The van der Waals surface area contributed by atoms with Gasteiger partial charge in [-0.1, -0.05) is 54.6 Å². The molecule has 156 valence electrons. The second kappa shape index (κ2) is 9.47. The number of hydrogen-bond acceptors (Lipinski definition) is 4. The Morgan fingerprint density at radius 2 is 1.45 bits per heavy atom. The summed E-state index contributed by atoms with van der Waals surface area (Å²) in [6.07, 6.45) is 0.467. The van der Waals surface area contributed by atoms with Gasteiger partial charge in [-0.15, -0.1) is 0 Å². The first-order chi connectivity index (χ1) is 13.6. The third-order valence-corrected chi connectivity index (χ3v) is 4.81. The first-order valence-electron chi connectivity index (χ1n) is 10.1. The molecule has 2 aromatic carbocycles. The fourth-order valence-corrected chi connectivity index (χ4v) is 3.69. The van der Waals surface area contributed by atoms with Crippen LogP contribution in [-0.2, 0) is 9.47 Å². The topological polar surface area (TPSA) is 52.6 Å². The molecule has 0 bridgehead atoms. The highest BCUT2D eigenvalue weighted by molar-refractivity contribution is 6.17. The largest absolute Gasteiger partial charge is 0.376 e. The predicted octanol–water partition coefficient (Wildman–Crippen LogP) is 5.49. The van der Waals surface area contributed by atoms with Crippen molar-refractivity contribution in [2.45, 2.75) is 65.3 Å². The van der Waals surface area contributed by atoms with Crippen molar-refractivity contribution in [3.8, 4) is 0 Å². The Kier molecular flexibility index (Phi) is 7.50. The van der Waals surface area contributed by atoms with Gasteiger partial charge in [-0.2, -0.15) is 0 Å². The minimum atomic E-state index is -1.07. The Morgan fingerprint density at radius 1 is 0.897 bits per heavy atom. The molecule has 1 unspecified atom stereocenters. The number of Topliss-reactive ketones (excluding diaryl/α,β-unsaturated/α-hetero) is 1. The van der Waals surface area contributed by atoms with E-state index in [2.05, 4.69) is 0 Å². The van der Waals surface area contributed by atoms with Crippen molar-refractivity contribution in [2.24, 2.45) is 0 Å². The summed E-state index contributed by atoms with van der Waals surface area (Å²) >= 11 is 0. The predicted molar refractivity (Wildman–Crippen MR) is 116 cm³/mol. The molecular formula is C25H32O4. The van der Waals surface area contributed by atoms with Crippen LogP contribution in [0.5, 0.6) is 0 Å². The van der Waals surface area contributed by atoms with Crippen LogP contribution in [0.1, 0.15) is 74.2 Å². The molecule has 29 heavy (non-hydrogen) atoms. The van der Waals surface area contributed by atoms with E-state index in [9.17, 15) is 9.59 Å². The summed E-state index contributed by atoms with van der Waals surface area (Å²) in [5, 5.41) is 0. The van der Waals surface area contributed by atoms with Crippen molar-refractivity contribution >= 4 is 11.6 Å². The zero-order valence-corrected chi connectivity index (χ0v) is 18.3. The van der Waals surface area contributed by atoms with Gasteiger partial charge in [0.25, 0.3) is 0 Å². The summed E-state index contributed by atoms with van der Waals surface area (Å²) in [5.74, 6) is -0.380. The van der Waals surface area contributed by atoms with Crippen LogP contribution in [0, 0.1) is 0 Å². The van der Waals surface area contributed by atoms with Crippen molar-refractivity contribution in [3.63, 3.8) is 0 Å². The van der Waals surface area contributed by atoms with E-state index in [1.54, 1.807) is 50.2 Å². The Hall–Kier alpha value is -2.30. The van der Waals surface area contributed by atoms with Gasteiger partial charge in [-0.05, 0) is 41.5 Å². The average molecular weight is 397 g/mol. The lowest BCUT2D eigenvalue weighted by Crippen LogP contribution is -2.41. The fraction of sp³-hybridized carbons (Fsp3) is 0.440. The standard InChI is InChI=1S/C25H32O4/c1-7-28-24(3,4)17-18(2)29-25(5,6)23(27)21-16-12-11-15-20(21)22(26)19-13-9-8-10-14-19/h8-16,18H,7,17H2,1-6H3. The number of ether oxygens (including phenoxy) is 2. The van der Waals surface area contributed by atoms with E-state index < -0.39 is 5.60 Å². The van der Waals surface area contributed by atoms with Crippen molar-refractivity contribution in [1.82, 2.24) is 0 Å². The molecule has 1 atom stereocenters. The van der Waals surface area contributed by atoms with E-state index in [1.807, 2.05) is 45.9 Å². The van der Waals surface area contributed by atoms with E-state index in [0.717, 1.165) is 0 Å². The van der Waals surface area contributed by atoms with E-state index >= 15 is 0 Å². The molecule has 2 rings (SSSR count). The average Bonchev–Trinajstić information content (AvgIpc) is 2.66. The van der Waals surface area contributed by atoms with Crippen LogP contribution < -0.4 is 0 Å². The SMILES string of the molecule is CCOC(C)(C)CC(C)OC(C)(C)C(=O)c1ccccc1C(=O)c1ccccc1. The molecule has 2 aromatic rings. The molecule has 0 fully saturated rings. The lowest BCUT2D eigenvalue weighted by molar-refractivity contribution is -0.0919. The zero-order chi connectivity index (χ0) is 21.7. The molecule has 0 spiro atoms. The summed E-state index contributed by atoms with van der Waals surface area (Å²) in [4.78, 5) is 26.3. The van der Waals surface area contributed by atoms with Gasteiger partial charge in [0.1, 0.15) is 5.60 Å². The lowest BCUT2D eigenvalue weighted by atomic mass is 9.89. The highest BCUT2D eigenvalue weighted by Crippen LogP contribution is 2.26. The summed E-state index contributed by atoms with van der Waals surface area (Å²) in [6, 6.07) is 15.9. The third kappa shape index (κ3) is 6.09. The van der Waals surface area contributed by atoms with Crippen LogP contribution >= 0.6 is 0 Å². The van der Waals surface area contributed by atoms with Crippen molar-refractivity contribution < 1.29 is 19.1 Å². The smallest absolute Gasteiger partial charge is 0.194 e. The van der Waals surface area contributed by atoms with Gasteiger partial charge in [-0.25, -0.2) is 0 Å². The molecule has 0 heterocycles. The van der Waals surface area contributed by atoms with E-state index in [4.69, 9.17) is 9.47 Å². The van der Waals surface area contributed by atoms with E-state index in [-0.39, 0.29) is 23.3 Å². The molecule has 0 aliphatic heterocycles. The lowest BCUT2D eigenvalue weighted by Gasteiger charge is -2.33. The van der Waals surface area contributed by atoms with Gasteiger partial charge in [0, 0.05) is 29.7 Å². The molecule has 0 aliphatic rings. The maximum absolute atomic E-state index is 13.3. The number of carbonyl (C=O) groups excluding carboxylic acids is 2. The summed E-state index contributed by atoms with van der Waals surface area (Å²) in [6.45, 7) is 12.1. The van der Waals surface area contributed by atoms with Gasteiger partial charge in [0.2, 0.25) is 0 Å². The quantitative estimate of drug-likeness (QED) is 0.498. The Balaban J connectivity index is 2.24. The molecule has 0 radical (unpaired) electrons. The normalized spacial score (nSPS) is 13.2. The van der Waals surface area contributed by atoms with Gasteiger partial charge < -0.3 is 9.47 Å². The molecule has 0 aromatic heterocycles. The summed E-state index contributed by atoms with van der Waals surface area (Å²) in [7, 11) is 0. The van der Waals surface area contributed by atoms with Crippen molar-refractivity contribution in [3.05, 3.63) is 71.3 Å². The number of benzene rings is 2. The zero-order valence-electron chi connectivity index (χ0n) is 18.3. The second-order valence-corrected chi connectivity index (χ2v) is 8.41. The number of hydrogen-bond donors (Lipinski definition) is 0. The first-order valence-corrected chi connectivity index (χ1v) is 10.1. The Morgan fingerprint density at radius 3 is 2.03 bits per heavy atom. The molecule has 0 amide bonds. The molecule has 4 nitrogen and oxygen atoms in total. The minimum absolute atomic E-state index is 0.170. The molecule has 0 saturated carbocycles. The van der Waals surface area contributed by atoms with Crippen LogP contribution in [0.25, 0.3) is 0 Å². The monoisotopic (exact) mass is 396 g/mol. The first kappa shape index (κ1) is 23.0. The number of rotatable bonds is 10. The van der Waals surface area contributed by atoms with Crippen LogP contribution in [-0.4, -0.2) is 35.5 Å². The third-order valence-electron chi connectivity index (χ3n) is 4.81.